The van der Waals surface area contributed by atoms with Crippen LogP contribution in [0.25, 0.3) is 0 Å². The lowest BCUT2D eigenvalue weighted by Crippen LogP contribution is -2.27. The first-order valence-corrected chi connectivity index (χ1v) is 9.62. The zero-order chi connectivity index (χ0) is 19.5. The second kappa shape index (κ2) is 7.78. The number of anilines is 1. The summed E-state index contributed by atoms with van der Waals surface area (Å²) in [7, 11) is -0.417. The summed E-state index contributed by atoms with van der Waals surface area (Å²) in [6.45, 7) is 5.54. The standard InChI is InChI=1S/C19H24N2O4S/c1-13-6-7-16(10-14(13)2)20-26(23,24)17-8-9-18(15(3)11-17)25-12-19(22)21(4)5/h6-11,20H,12H2,1-5H3. The Bertz CT molecular complexity index is 921. The smallest absolute Gasteiger partial charge is 0.261 e. The number of nitrogens with zero attached hydrogens (tertiary/aromatic N) is 1. The fraction of sp³-hybridized carbons (Fsp3) is 0.316. The molecule has 2 aromatic carbocycles. The second-order valence-corrected chi connectivity index (χ2v) is 8.09. The number of ether oxygens (including phenoxy) is 1. The molecule has 0 bridgehead atoms. The number of carbonyl (C=O) groups excluding carboxylic acids is 1. The lowest BCUT2D eigenvalue weighted by atomic mass is 10.1. The summed E-state index contributed by atoms with van der Waals surface area (Å²) in [4.78, 5) is 13.2. The molecule has 2 aromatic rings. The van der Waals surface area contributed by atoms with E-state index in [-0.39, 0.29) is 17.4 Å². The molecule has 0 unspecified atom stereocenters. The van der Waals surface area contributed by atoms with Crippen LogP contribution in [0.15, 0.2) is 41.3 Å². The molecule has 1 amide bonds. The Morgan fingerprint density at radius 1 is 1.00 bits per heavy atom. The van der Waals surface area contributed by atoms with Gasteiger partial charge in [0.05, 0.1) is 4.90 Å². The third kappa shape index (κ3) is 4.76. The van der Waals surface area contributed by atoms with Crippen LogP contribution in [0, 0.1) is 20.8 Å². The van der Waals surface area contributed by atoms with Gasteiger partial charge in [-0.3, -0.25) is 9.52 Å². The van der Waals surface area contributed by atoms with E-state index in [0.29, 0.717) is 17.0 Å². The number of hydrogen-bond acceptors (Lipinski definition) is 4. The van der Waals surface area contributed by atoms with Crippen molar-refractivity contribution in [2.45, 2.75) is 25.7 Å². The molecule has 26 heavy (non-hydrogen) atoms. The molecule has 2 rings (SSSR count). The molecule has 0 aliphatic rings. The van der Waals surface area contributed by atoms with Crippen LogP contribution in [0.4, 0.5) is 5.69 Å². The summed E-state index contributed by atoms with van der Waals surface area (Å²) >= 11 is 0. The largest absolute Gasteiger partial charge is 0.483 e. The fourth-order valence-corrected chi connectivity index (χ4v) is 3.37. The minimum absolute atomic E-state index is 0.0964. The van der Waals surface area contributed by atoms with E-state index in [4.69, 9.17) is 4.74 Å². The van der Waals surface area contributed by atoms with Gasteiger partial charge in [0.2, 0.25) is 0 Å². The molecule has 140 valence electrons. The van der Waals surface area contributed by atoms with Gasteiger partial charge in [0.25, 0.3) is 15.9 Å². The van der Waals surface area contributed by atoms with Gasteiger partial charge >= 0.3 is 0 Å². The van der Waals surface area contributed by atoms with Crippen LogP contribution in [0.2, 0.25) is 0 Å². The van der Waals surface area contributed by atoms with Crippen LogP contribution >= 0.6 is 0 Å². The molecule has 0 aromatic heterocycles. The van der Waals surface area contributed by atoms with Crippen molar-refractivity contribution in [1.82, 2.24) is 4.90 Å². The highest BCUT2D eigenvalue weighted by molar-refractivity contribution is 7.92. The van der Waals surface area contributed by atoms with E-state index in [1.165, 1.54) is 17.0 Å². The normalized spacial score (nSPS) is 11.1. The van der Waals surface area contributed by atoms with Crippen molar-refractivity contribution in [1.29, 1.82) is 0 Å². The van der Waals surface area contributed by atoms with Crippen molar-refractivity contribution in [3.05, 3.63) is 53.1 Å². The number of amides is 1. The highest BCUT2D eigenvalue weighted by Crippen LogP contribution is 2.24. The molecular weight excluding hydrogens is 352 g/mol. The van der Waals surface area contributed by atoms with E-state index < -0.39 is 10.0 Å². The Labute approximate surface area is 154 Å². The third-order valence-electron chi connectivity index (χ3n) is 4.07. The van der Waals surface area contributed by atoms with Gasteiger partial charge < -0.3 is 9.64 Å². The molecule has 7 heteroatoms. The Hall–Kier alpha value is -2.54. The van der Waals surface area contributed by atoms with Gasteiger partial charge in [0.1, 0.15) is 5.75 Å². The van der Waals surface area contributed by atoms with E-state index in [2.05, 4.69) is 4.72 Å². The van der Waals surface area contributed by atoms with Crippen LogP contribution in [-0.2, 0) is 14.8 Å². The first-order valence-electron chi connectivity index (χ1n) is 8.14. The van der Waals surface area contributed by atoms with Gasteiger partial charge in [-0.2, -0.15) is 0 Å². The average Bonchev–Trinajstić information content (AvgIpc) is 2.56. The topological polar surface area (TPSA) is 75.7 Å². The summed E-state index contributed by atoms with van der Waals surface area (Å²) < 4.78 is 33.3. The van der Waals surface area contributed by atoms with E-state index in [9.17, 15) is 13.2 Å². The predicted octanol–water partition coefficient (Wildman–Crippen LogP) is 2.88. The SMILES string of the molecule is Cc1ccc(NS(=O)(=O)c2ccc(OCC(=O)N(C)C)c(C)c2)cc1C. The van der Waals surface area contributed by atoms with Crippen LogP contribution in [0.3, 0.4) is 0 Å². The molecular formula is C19H24N2O4S. The van der Waals surface area contributed by atoms with Gasteiger partial charge in [0, 0.05) is 19.8 Å². The fourth-order valence-electron chi connectivity index (χ4n) is 2.24. The number of benzene rings is 2. The van der Waals surface area contributed by atoms with Gasteiger partial charge in [-0.05, 0) is 67.8 Å². The molecule has 0 saturated carbocycles. The summed E-state index contributed by atoms with van der Waals surface area (Å²) in [5.74, 6) is 0.308. The van der Waals surface area contributed by atoms with Crippen LogP contribution in [0.1, 0.15) is 16.7 Å². The van der Waals surface area contributed by atoms with Crippen molar-refractivity contribution < 1.29 is 17.9 Å². The number of likely N-dealkylation sites (N-methyl/N-ethyl adjacent to an activating group) is 1. The number of carbonyl (C=O) groups is 1. The lowest BCUT2D eigenvalue weighted by molar-refractivity contribution is -0.130. The van der Waals surface area contributed by atoms with Crippen LogP contribution < -0.4 is 9.46 Å². The maximum atomic E-state index is 12.6. The molecule has 0 aliphatic carbocycles. The van der Waals surface area contributed by atoms with Gasteiger partial charge in [-0.25, -0.2) is 8.42 Å². The molecule has 0 spiro atoms. The van der Waals surface area contributed by atoms with Crippen LogP contribution in [0.5, 0.6) is 5.75 Å². The summed E-state index contributed by atoms with van der Waals surface area (Å²) in [6, 6.07) is 9.95. The highest BCUT2D eigenvalue weighted by Gasteiger charge is 2.16. The van der Waals surface area contributed by atoms with Gasteiger partial charge in [-0.1, -0.05) is 6.07 Å². The quantitative estimate of drug-likeness (QED) is 0.841. The van der Waals surface area contributed by atoms with Gasteiger partial charge in [-0.15, -0.1) is 0 Å². The molecule has 1 N–H and O–H groups in total. The van der Waals surface area contributed by atoms with Crippen molar-refractivity contribution in [3.63, 3.8) is 0 Å². The summed E-state index contributed by atoms with van der Waals surface area (Å²) in [5.41, 5.74) is 3.26. The third-order valence-corrected chi connectivity index (χ3v) is 5.44. The first-order chi connectivity index (χ1) is 12.1. The summed E-state index contributed by atoms with van der Waals surface area (Å²) in [5, 5.41) is 0. The minimum atomic E-state index is -3.71. The molecule has 0 atom stereocenters. The molecule has 0 saturated heterocycles. The van der Waals surface area contributed by atoms with Gasteiger partial charge in [0.15, 0.2) is 6.61 Å². The minimum Gasteiger partial charge on any atom is -0.483 e. The maximum Gasteiger partial charge on any atom is 0.261 e. The Morgan fingerprint density at radius 2 is 1.69 bits per heavy atom. The number of nitrogens with one attached hydrogen (secondary N) is 1. The van der Waals surface area contributed by atoms with E-state index in [0.717, 1.165) is 11.1 Å². The van der Waals surface area contributed by atoms with E-state index in [1.54, 1.807) is 39.2 Å². The number of hydrogen-bond donors (Lipinski definition) is 1. The Kier molecular flexibility index (Phi) is 5.92. The first kappa shape index (κ1) is 19.8. The highest BCUT2D eigenvalue weighted by atomic mass is 32.2. The van der Waals surface area contributed by atoms with Crippen molar-refractivity contribution >= 4 is 21.6 Å². The number of rotatable bonds is 6. The zero-order valence-electron chi connectivity index (χ0n) is 15.7. The molecule has 0 heterocycles. The van der Waals surface area contributed by atoms with E-state index >= 15 is 0 Å². The van der Waals surface area contributed by atoms with E-state index in [1.807, 2.05) is 19.9 Å². The molecule has 6 nitrogen and oxygen atoms in total. The van der Waals surface area contributed by atoms with Crippen LogP contribution in [-0.4, -0.2) is 39.9 Å². The predicted molar refractivity (Wildman–Crippen MR) is 102 cm³/mol. The maximum absolute atomic E-state index is 12.6. The molecule has 0 fully saturated rings. The Morgan fingerprint density at radius 3 is 2.27 bits per heavy atom. The number of aryl methyl sites for hydroxylation is 3. The zero-order valence-corrected chi connectivity index (χ0v) is 16.5. The Balaban J connectivity index is 2.18. The van der Waals surface area contributed by atoms with Crippen molar-refractivity contribution in [2.24, 2.45) is 0 Å². The monoisotopic (exact) mass is 376 g/mol. The molecule has 0 radical (unpaired) electrons. The average molecular weight is 376 g/mol. The summed E-state index contributed by atoms with van der Waals surface area (Å²) in [6.07, 6.45) is 0. The second-order valence-electron chi connectivity index (χ2n) is 6.41. The molecule has 0 aliphatic heterocycles. The lowest BCUT2D eigenvalue weighted by Gasteiger charge is -2.14. The van der Waals surface area contributed by atoms with Crippen molar-refractivity contribution in [3.8, 4) is 5.75 Å². The van der Waals surface area contributed by atoms with Crippen molar-refractivity contribution in [2.75, 3.05) is 25.4 Å². The number of sulfonamides is 1.